The lowest BCUT2D eigenvalue weighted by Crippen LogP contribution is -2.33. The van der Waals surface area contributed by atoms with Gasteiger partial charge in [0.2, 0.25) is 5.28 Å². The molecule has 38 heavy (non-hydrogen) atoms. The van der Waals surface area contributed by atoms with Crippen LogP contribution in [0.4, 0.5) is 5.82 Å². The van der Waals surface area contributed by atoms with Crippen LogP contribution in [0.2, 0.25) is 5.28 Å². The number of nitrogens with zero attached hydrogens (tertiary/aromatic N) is 6. The van der Waals surface area contributed by atoms with Crippen LogP contribution in [-0.2, 0) is 18.4 Å². The summed E-state index contributed by atoms with van der Waals surface area (Å²) in [5, 5.41) is 29.3. The summed E-state index contributed by atoms with van der Waals surface area (Å²) in [5.74, 6) is -0.953. The Morgan fingerprint density at radius 1 is 1.11 bits per heavy atom. The van der Waals surface area contributed by atoms with Crippen LogP contribution in [0.15, 0.2) is 30.3 Å². The Bertz CT molecular complexity index is 1410. The van der Waals surface area contributed by atoms with E-state index in [1.165, 1.54) is 0 Å². The van der Waals surface area contributed by atoms with Crippen molar-refractivity contribution in [1.82, 2.24) is 25.0 Å². The van der Waals surface area contributed by atoms with Gasteiger partial charge in [0.05, 0.1) is 12.6 Å². The van der Waals surface area contributed by atoms with Crippen molar-refractivity contribution >= 4 is 43.8 Å². The normalized spacial score (nSPS) is 27.7. The van der Waals surface area contributed by atoms with Crippen LogP contribution in [-0.4, -0.2) is 87.2 Å². The van der Waals surface area contributed by atoms with Crippen molar-refractivity contribution in [3.63, 3.8) is 0 Å². The van der Waals surface area contributed by atoms with E-state index in [9.17, 15) is 24.2 Å². The molecule has 0 aliphatic carbocycles. The number of fused-ring (bicyclic) bond motifs is 1. The highest BCUT2D eigenvalue weighted by atomic mass is 35.5. The van der Waals surface area contributed by atoms with Gasteiger partial charge in [-0.25, -0.2) is 0 Å². The van der Waals surface area contributed by atoms with Gasteiger partial charge in [0.1, 0.15) is 18.3 Å². The third-order valence-corrected chi connectivity index (χ3v) is 9.99. The largest absolute Gasteiger partial charge is 0.387 e. The number of hydrogen-bond acceptors (Lipinski definition) is 11. The van der Waals surface area contributed by atoms with E-state index in [-0.39, 0.29) is 17.0 Å². The highest BCUT2D eigenvalue weighted by Crippen LogP contribution is 2.55. The summed E-state index contributed by atoms with van der Waals surface area (Å²) in [4.78, 5) is 38.3. The summed E-state index contributed by atoms with van der Waals surface area (Å²) < 4.78 is 34.5. The van der Waals surface area contributed by atoms with Crippen molar-refractivity contribution in [2.24, 2.45) is 0 Å². The summed E-state index contributed by atoms with van der Waals surface area (Å²) in [6.45, 7) is -0.0476. The Morgan fingerprint density at radius 3 is 2.55 bits per heavy atom. The van der Waals surface area contributed by atoms with Gasteiger partial charge in [-0.15, -0.1) is 5.10 Å². The first kappa shape index (κ1) is 27.5. The van der Waals surface area contributed by atoms with Gasteiger partial charge in [-0.3, -0.25) is 9.13 Å². The molecular weight excluding hydrogens is 566 g/mol. The number of aromatic nitrogens is 5. The average molecular weight is 591 g/mol. The van der Waals surface area contributed by atoms with Crippen LogP contribution in [0.5, 0.6) is 0 Å². The third kappa shape index (κ3) is 5.63. The second kappa shape index (κ2) is 10.5. The summed E-state index contributed by atoms with van der Waals surface area (Å²) in [6, 6.07) is 9.92. The predicted molar refractivity (Wildman–Crippen MR) is 133 cm³/mol. The Labute approximate surface area is 220 Å². The lowest BCUT2D eigenvalue weighted by Gasteiger charge is -2.26. The maximum Gasteiger partial charge on any atom is 0.340 e. The summed E-state index contributed by atoms with van der Waals surface area (Å²) in [5.41, 5.74) is 1.52. The van der Waals surface area contributed by atoms with Crippen molar-refractivity contribution in [1.29, 1.82) is 0 Å². The quantitative estimate of drug-likeness (QED) is 0.184. The fourth-order valence-electron chi connectivity index (χ4n) is 4.74. The van der Waals surface area contributed by atoms with Gasteiger partial charge in [0.25, 0.3) is 0 Å². The lowest BCUT2D eigenvalue weighted by atomic mass is 10.0. The Hall–Kier alpha value is -2.03. The van der Waals surface area contributed by atoms with E-state index in [0.29, 0.717) is 17.9 Å². The molecule has 206 valence electrons. The van der Waals surface area contributed by atoms with Gasteiger partial charge in [-0.1, -0.05) is 35.5 Å². The maximum absolute atomic E-state index is 12.0. The van der Waals surface area contributed by atoms with E-state index in [0.717, 1.165) is 23.1 Å². The van der Waals surface area contributed by atoms with Crippen LogP contribution in [0, 0.1) is 0 Å². The number of aliphatic hydroxyl groups is 2. The molecule has 1 aromatic carbocycles. The number of halogens is 1. The first-order chi connectivity index (χ1) is 17.9. The minimum Gasteiger partial charge on any atom is -0.387 e. The Morgan fingerprint density at radius 2 is 1.84 bits per heavy atom. The number of ether oxygens (including phenoxy) is 1. The Balaban J connectivity index is 1.41. The molecule has 2 saturated heterocycles. The minimum atomic E-state index is -4.84. The second-order valence-electron chi connectivity index (χ2n) is 9.07. The van der Waals surface area contributed by atoms with E-state index >= 15 is 0 Å². The smallest absolute Gasteiger partial charge is 0.340 e. The van der Waals surface area contributed by atoms with E-state index in [1.807, 2.05) is 30.3 Å². The fourth-order valence-corrected chi connectivity index (χ4v) is 7.47. The molecule has 6 atom stereocenters. The van der Waals surface area contributed by atoms with Crippen molar-refractivity contribution in [3.8, 4) is 0 Å². The molecule has 2 fully saturated rings. The molecule has 0 spiro atoms. The number of benzene rings is 1. The van der Waals surface area contributed by atoms with Gasteiger partial charge < -0.3 is 39.1 Å². The molecule has 2 aromatic heterocycles. The number of hydrogen-bond donors (Lipinski definition) is 5. The van der Waals surface area contributed by atoms with Gasteiger partial charge in [-0.2, -0.15) is 14.6 Å². The molecule has 3 aromatic rings. The van der Waals surface area contributed by atoms with Gasteiger partial charge >= 0.3 is 15.2 Å². The molecule has 4 heterocycles. The van der Waals surface area contributed by atoms with Crippen molar-refractivity contribution < 1.29 is 43.3 Å². The molecule has 2 aliphatic rings. The van der Waals surface area contributed by atoms with E-state index in [4.69, 9.17) is 30.6 Å². The maximum atomic E-state index is 12.0. The molecule has 5 N–H and O–H groups in total. The van der Waals surface area contributed by atoms with Gasteiger partial charge in [0.15, 0.2) is 29.1 Å². The predicted octanol–water partition coefficient (Wildman–Crippen LogP) is 1.17. The third-order valence-electron chi connectivity index (χ3n) is 6.37. The summed E-state index contributed by atoms with van der Waals surface area (Å²) in [7, 11) is -9.54. The van der Waals surface area contributed by atoms with Gasteiger partial charge in [-0.05, 0) is 30.0 Å². The Kier molecular flexibility index (Phi) is 7.61. The van der Waals surface area contributed by atoms with Gasteiger partial charge in [0, 0.05) is 6.54 Å². The molecule has 2 aliphatic heterocycles. The van der Waals surface area contributed by atoms with Crippen LogP contribution >= 0.6 is 26.8 Å². The zero-order valence-corrected chi connectivity index (χ0v) is 22.2. The summed E-state index contributed by atoms with van der Waals surface area (Å²) >= 11 is 6.26. The molecule has 5 rings (SSSR count). The molecule has 0 bridgehead atoms. The highest BCUT2D eigenvalue weighted by molar-refractivity contribution is 7.70. The van der Waals surface area contributed by atoms with E-state index < -0.39 is 52.2 Å². The van der Waals surface area contributed by atoms with Crippen molar-refractivity contribution in [2.45, 2.75) is 43.4 Å². The molecule has 18 heteroatoms. The highest BCUT2D eigenvalue weighted by Gasteiger charge is 2.46. The molecule has 0 saturated carbocycles. The SMILES string of the molecule is O=P(O)(O)CP(=O)(O)OC[C@H]1O[C@@H](n2nnc3c(N4CCC[C@H]4c4ccccc4)nc(Cl)nc32)[C@H](O)[C@@H]1O. The topological polar surface area (TPSA) is 213 Å². The van der Waals surface area contributed by atoms with Crippen molar-refractivity contribution in [2.75, 3.05) is 24.0 Å². The zero-order chi connectivity index (χ0) is 27.2. The minimum absolute atomic E-state index is 0.0227. The number of anilines is 1. The molecule has 1 unspecified atom stereocenters. The second-order valence-corrected chi connectivity index (χ2v) is 13.4. The summed E-state index contributed by atoms with van der Waals surface area (Å²) in [6.07, 6.45) is -4.03. The number of rotatable bonds is 8. The van der Waals surface area contributed by atoms with Crippen LogP contribution in [0.1, 0.15) is 30.7 Å². The molecule has 15 nitrogen and oxygen atoms in total. The first-order valence-electron chi connectivity index (χ1n) is 11.6. The standard InChI is InChI=1S/C20H25ClN6O9P2/c21-20-22-17(26-8-4-7-12(26)11-5-2-1-3-6-11)14-18(23-20)27(25-24-14)19-16(29)15(28)13(36-19)9-35-38(33,34)10-37(30,31)32/h1-3,5-6,12-13,15-16,19,28-29H,4,7-10H2,(H,33,34)(H2,30,31,32)/t12-,13+,15+,16+,19+/m0/s1. The molecule has 0 amide bonds. The monoisotopic (exact) mass is 590 g/mol. The zero-order valence-electron chi connectivity index (χ0n) is 19.6. The van der Waals surface area contributed by atoms with E-state index in [1.54, 1.807) is 0 Å². The molecule has 0 radical (unpaired) electrons. The molecular formula is C20H25ClN6O9P2. The first-order valence-corrected chi connectivity index (χ1v) is 15.5. The van der Waals surface area contributed by atoms with Crippen LogP contribution in [0.25, 0.3) is 11.2 Å². The fraction of sp³-hybridized carbons (Fsp3) is 0.500. The average Bonchev–Trinajstić information content (AvgIpc) is 3.55. The van der Waals surface area contributed by atoms with Crippen LogP contribution in [0.3, 0.4) is 0 Å². The lowest BCUT2D eigenvalue weighted by molar-refractivity contribution is -0.0549. The van der Waals surface area contributed by atoms with Crippen LogP contribution < -0.4 is 4.90 Å². The number of aliphatic hydroxyl groups excluding tert-OH is 2. The van der Waals surface area contributed by atoms with Crippen molar-refractivity contribution in [3.05, 3.63) is 41.2 Å². The van der Waals surface area contributed by atoms with E-state index in [2.05, 4.69) is 25.2 Å².